The predicted molar refractivity (Wildman–Crippen MR) is 91.1 cm³/mol. The molecule has 2 rings (SSSR count). The molecule has 0 radical (unpaired) electrons. The number of hydrogen-bond acceptors (Lipinski definition) is 3. The number of ether oxygens (including phenoxy) is 1. The van der Waals surface area contributed by atoms with Crippen molar-refractivity contribution in [2.45, 2.75) is 63.3 Å². The van der Waals surface area contributed by atoms with E-state index in [1.165, 1.54) is 17.5 Å². The van der Waals surface area contributed by atoms with Gasteiger partial charge in [0.2, 0.25) is 0 Å². The number of aliphatic hydroxyl groups excluding tert-OH is 1. The first-order valence-corrected chi connectivity index (χ1v) is 8.73. The molecule has 0 spiro atoms. The summed E-state index contributed by atoms with van der Waals surface area (Å²) in [6.07, 6.45) is 7.46. The summed E-state index contributed by atoms with van der Waals surface area (Å²) in [6.45, 7) is 4.00. The monoisotopic (exact) mass is 305 g/mol. The Bertz CT molecular complexity index is 432. The quantitative estimate of drug-likeness (QED) is 0.688. The van der Waals surface area contributed by atoms with Crippen molar-refractivity contribution in [1.29, 1.82) is 0 Å². The van der Waals surface area contributed by atoms with Gasteiger partial charge in [0, 0.05) is 18.8 Å². The molecule has 22 heavy (non-hydrogen) atoms. The lowest BCUT2D eigenvalue weighted by atomic mass is 9.92. The highest BCUT2D eigenvalue weighted by molar-refractivity contribution is 5.27. The van der Waals surface area contributed by atoms with E-state index in [1.807, 2.05) is 0 Å². The van der Waals surface area contributed by atoms with E-state index in [0.29, 0.717) is 5.92 Å². The molecule has 1 aliphatic rings. The third-order valence-electron chi connectivity index (χ3n) is 4.76. The number of benzene rings is 1. The third-order valence-corrected chi connectivity index (χ3v) is 4.76. The van der Waals surface area contributed by atoms with Crippen molar-refractivity contribution in [3.63, 3.8) is 0 Å². The number of unbranched alkanes of at least 4 members (excludes halogenated alkanes) is 1. The summed E-state index contributed by atoms with van der Waals surface area (Å²) in [4.78, 5) is 0. The first-order valence-electron chi connectivity index (χ1n) is 8.73. The molecule has 0 bridgehead atoms. The largest absolute Gasteiger partial charge is 0.394 e. The molecule has 2 atom stereocenters. The summed E-state index contributed by atoms with van der Waals surface area (Å²) in [6, 6.07) is 8.99. The molecule has 3 N–H and O–H groups in total. The van der Waals surface area contributed by atoms with Gasteiger partial charge in [-0.3, -0.25) is 0 Å². The molecule has 0 aliphatic heterocycles. The molecule has 3 nitrogen and oxygen atoms in total. The van der Waals surface area contributed by atoms with Gasteiger partial charge in [-0.2, -0.15) is 0 Å². The van der Waals surface area contributed by atoms with Gasteiger partial charge in [0.05, 0.1) is 6.61 Å². The van der Waals surface area contributed by atoms with Crippen molar-refractivity contribution in [2.75, 3.05) is 19.8 Å². The van der Waals surface area contributed by atoms with Crippen LogP contribution in [-0.4, -0.2) is 30.5 Å². The Morgan fingerprint density at radius 2 is 2.00 bits per heavy atom. The van der Waals surface area contributed by atoms with E-state index in [4.69, 9.17) is 10.5 Å². The molecule has 0 heterocycles. The Morgan fingerprint density at radius 3 is 2.64 bits per heavy atom. The molecule has 0 saturated heterocycles. The van der Waals surface area contributed by atoms with Crippen molar-refractivity contribution in [1.82, 2.24) is 0 Å². The van der Waals surface area contributed by atoms with E-state index < -0.39 is 0 Å². The molecule has 0 amide bonds. The van der Waals surface area contributed by atoms with E-state index in [-0.39, 0.29) is 12.1 Å². The van der Waals surface area contributed by atoms with Crippen LogP contribution in [0.5, 0.6) is 0 Å². The lowest BCUT2D eigenvalue weighted by molar-refractivity contribution is 0.131. The topological polar surface area (TPSA) is 55.5 Å². The van der Waals surface area contributed by atoms with Crippen LogP contribution in [-0.2, 0) is 11.2 Å². The van der Waals surface area contributed by atoms with Gasteiger partial charge in [-0.05, 0) is 62.0 Å². The first-order chi connectivity index (χ1) is 10.7. The van der Waals surface area contributed by atoms with Crippen LogP contribution in [0.15, 0.2) is 24.3 Å². The average Bonchev–Trinajstić information content (AvgIpc) is 2.94. The second kappa shape index (κ2) is 8.66. The van der Waals surface area contributed by atoms with Gasteiger partial charge in [0.15, 0.2) is 0 Å². The Hall–Kier alpha value is -0.900. The van der Waals surface area contributed by atoms with Crippen LogP contribution in [0, 0.1) is 0 Å². The van der Waals surface area contributed by atoms with Crippen molar-refractivity contribution < 1.29 is 9.84 Å². The van der Waals surface area contributed by atoms with Crippen molar-refractivity contribution in [2.24, 2.45) is 5.73 Å². The lowest BCUT2D eigenvalue weighted by Gasteiger charge is -2.21. The Morgan fingerprint density at radius 1 is 1.23 bits per heavy atom. The molecular weight excluding hydrogens is 274 g/mol. The summed E-state index contributed by atoms with van der Waals surface area (Å²) < 4.78 is 5.51. The molecule has 124 valence electrons. The summed E-state index contributed by atoms with van der Waals surface area (Å²) in [7, 11) is 0. The SMILES string of the molecule is CCCOCCCCc1ccc([C@@H]2CC[C@](N)(CO)C2)cc1. The smallest absolute Gasteiger partial charge is 0.0611 e. The van der Waals surface area contributed by atoms with E-state index >= 15 is 0 Å². The third kappa shape index (κ3) is 5.08. The van der Waals surface area contributed by atoms with E-state index in [1.54, 1.807) is 0 Å². The summed E-state index contributed by atoms with van der Waals surface area (Å²) in [5.74, 6) is 0.508. The highest BCUT2D eigenvalue weighted by atomic mass is 16.5. The standard InChI is InChI=1S/C19H31NO2/c1-2-12-22-13-4-3-5-16-6-8-17(9-7-16)18-10-11-19(20,14-18)15-21/h6-9,18,21H,2-5,10-15,20H2,1H3/t18-,19-/m1/s1. The van der Waals surface area contributed by atoms with Gasteiger partial charge in [-0.25, -0.2) is 0 Å². The fraction of sp³-hybridized carbons (Fsp3) is 0.684. The number of hydrogen-bond donors (Lipinski definition) is 2. The van der Waals surface area contributed by atoms with Crippen molar-refractivity contribution in [3.8, 4) is 0 Å². The summed E-state index contributed by atoms with van der Waals surface area (Å²) in [5, 5.41) is 9.37. The zero-order valence-electron chi connectivity index (χ0n) is 13.9. The molecule has 1 saturated carbocycles. The summed E-state index contributed by atoms with van der Waals surface area (Å²) in [5.41, 5.74) is 8.58. The molecule has 3 heteroatoms. The number of rotatable bonds is 9. The minimum atomic E-state index is -0.359. The predicted octanol–water partition coefficient (Wildman–Crippen LogP) is 3.39. The van der Waals surface area contributed by atoms with Gasteiger partial charge < -0.3 is 15.6 Å². The minimum absolute atomic E-state index is 0.0989. The maximum Gasteiger partial charge on any atom is 0.0611 e. The van der Waals surface area contributed by atoms with Crippen LogP contribution in [0.4, 0.5) is 0 Å². The molecule has 1 aromatic carbocycles. The molecule has 0 unspecified atom stereocenters. The van der Waals surface area contributed by atoms with Gasteiger partial charge >= 0.3 is 0 Å². The van der Waals surface area contributed by atoms with Crippen LogP contribution in [0.3, 0.4) is 0 Å². The van der Waals surface area contributed by atoms with E-state index in [0.717, 1.165) is 51.7 Å². The lowest BCUT2D eigenvalue weighted by Crippen LogP contribution is -2.40. The first kappa shape index (κ1) is 17.5. The highest BCUT2D eigenvalue weighted by Crippen LogP contribution is 2.39. The Kier molecular flexibility index (Phi) is 6.87. The van der Waals surface area contributed by atoms with Crippen molar-refractivity contribution in [3.05, 3.63) is 35.4 Å². The number of aryl methyl sites for hydroxylation is 1. The molecule has 1 fully saturated rings. The maximum atomic E-state index is 9.37. The fourth-order valence-corrected chi connectivity index (χ4v) is 3.32. The summed E-state index contributed by atoms with van der Waals surface area (Å²) >= 11 is 0. The Labute approximate surface area is 134 Å². The molecule has 1 aromatic rings. The zero-order valence-corrected chi connectivity index (χ0v) is 13.9. The minimum Gasteiger partial charge on any atom is -0.394 e. The van der Waals surface area contributed by atoms with Crippen LogP contribution < -0.4 is 5.73 Å². The van der Waals surface area contributed by atoms with Crippen LogP contribution in [0.25, 0.3) is 0 Å². The van der Waals surface area contributed by atoms with E-state index in [9.17, 15) is 5.11 Å². The van der Waals surface area contributed by atoms with Gasteiger partial charge in [-0.1, -0.05) is 31.2 Å². The second-order valence-electron chi connectivity index (χ2n) is 6.77. The molecule has 0 aromatic heterocycles. The second-order valence-corrected chi connectivity index (χ2v) is 6.77. The number of aliphatic hydroxyl groups is 1. The van der Waals surface area contributed by atoms with Gasteiger partial charge in [0.25, 0.3) is 0 Å². The van der Waals surface area contributed by atoms with Crippen LogP contribution in [0.1, 0.15) is 62.5 Å². The fourth-order valence-electron chi connectivity index (χ4n) is 3.32. The van der Waals surface area contributed by atoms with Gasteiger partial charge in [0.1, 0.15) is 0 Å². The maximum absolute atomic E-state index is 9.37. The number of nitrogens with two attached hydrogens (primary N) is 1. The normalized spacial score (nSPS) is 24.8. The van der Waals surface area contributed by atoms with Crippen LogP contribution >= 0.6 is 0 Å². The molecule has 1 aliphatic carbocycles. The van der Waals surface area contributed by atoms with Gasteiger partial charge in [-0.15, -0.1) is 0 Å². The average molecular weight is 305 g/mol. The van der Waals surface area contributed by atoms with E-state index in [2.05, 4.69) is 31.2 Å². The highest BCUT2D eigenvalue weighted by Gasteiger charge is 2.35. The molecular formula is C19H31NO2. The zero-order chi connectivity index (χ0) is 15.8. The Balaban J connectivity index is 1.74. The van der Waals surface area contributed by atoms with Crippen molar-refractivity contribution >= 4 is 0 Å². The van der Waals surface area contributed by atoms with Crippen LogP contribution in [0.2, 0.25) is 0 Å².